The molecule has 30 heavy (non-hydrogen) atoms. The van der Waals surface area contributed by atoms with E-state index in [0.29, 0.717) is 18.2 Å². The van der Waals surface area contributed by atoms with Gasteiger partial charge in [-0.25, -0.2) is 14.4 Å². The molecule has 0 bridgehead atoms. The number of nitrogens with one attached hydrogen (secondary N) is 1. The number of anilines is 1. The van der Waals surface area contributed by atoms with Crippen LogP contribution in [0.15, 0.2) is 61.2 Å². The zero-order chi connectivity index (χ0) is 20.8. The number of hydrogen-bond donors (Lipinski definition) is 1. The maximum Gasteiger partial charge on any atom is 0.225 e. The molecule has 1 saturated heterocycles. The van der Waals surface area contributed by atoms with E-state index in [1.807, 2.05) is 6.07 Å². The van der Waals surface area contributed by atoms with Crippen LogP contribution in [-0.2, 0) is 11.3 Å². The molecule has 8 heteroatoms. The first-order chi connectivity index (χ1) is 14.7. The maximum atomic E-state index is 13.4. The highest BCUT2D eigenvalue weighted by molar-refractivity contribution is 5.79. The number of carbonyl (C=O) groups excluding carboxylic acids is 1. The first kappa shape index (κ1) is 19.8. The Labute approximate surface area is 174 Å². The van der Waals surface area contributed by atoms with Gasteiger partial charge in [0.1, 0.15) is 17.4 Å². The molecule has 0 saturated carbocycles. The van der Waals surface area contributed by atoms with Crippen LogP contribution in [0.25, 0.3) is 0 Å². The Kier molecular flexibility index (Phi) is 6.12. The molecular weight excluding hydrogens is 385 g/mol. The molecule has 2 aromatic heterocycles. The van der Waals surface area contributed by atoms with Gasteiger partial charge in [-0.05, 0) is 31.0 Å². The molecule has 1 aromatic carbocycles. The van der Waals surface area contributed by atoms with Crippen molar-refractivity contribution in [3.8, 4) is 11.6 Å². The topological polar surface area (TPSA) is 80.2 Å². The van der Waals surface area contributed by atoms with Gasteiger partial charge in [-0.3, -0.25) is 9.78 Å². The molecular formula is C22H22FN5O2. The van der Waals surface area contributed by atoms with Gasteiger partial charge in [0.2, 0.25) is 11.8 Å². The number of amides is 1. The van der Waals surface area contributed by atoms with Crippen molar-refractivity contribution in [2.24, 2.45) is 5.92 Å². The molecule has 1 aliphatic rings. The number of hydrogen-bond acceptors (Lipinski definition) is 6. The Morgan fingerprint density at radius 1 is 1.20 bits per heavy atom. The van der Waals surface area contributed by atoms with Gasteiger partial charge in [-0.1, -0.05) is 12.1 Å². The number of nitrogens with zero attached hydrogens (tertiary/aromatic N) is 4. The summed E-state index contributed by atoms with van der Waals surface area (Å²) in [5.74, 6) is 0.937. The zero-order valence-corrected chi connectivity index (χ0v) is 16.4. The number of aromatic nitrogens is 3. The summed E-state index contributed by atoms with van der Waals surface area (Å²) >= 11 is 0. The number of carbonyl (C=O) groups is 1. The van der Waals surface area contributed by atoms with E-state index in [2.05, 4.69) is 25.2 Å². The van der Waals surface area contributed by atoms with Crippen LogP contribution in [0.4, 0.5) is 10.2 Å². The predicted molar refractivity (Wildman–Crippen MR) is 110 cm³/mol. The molecule has 0 radical (unpaired) electrons. The van der Waals surface area contributed by atoms with E-state index in [9.17, 15) is 9.18 Å². The van der Waals surface area contributed by atoms with Crippen molar-refractivity contribution in [1.29, 1.82) is 0 Å². The molecule has 0 spiro atoms. The Hall–Kier alpha value is -3.55. The SMILES string of the molecule is O=C(NCc1cccnc1Oc1cccc(F)c1)[C@H]1CCCN(c2cnccn2)C1. The third kappa shape index (κ3) is 4.89. The van der Waals surface area contributed by atoms with Gasteiger partial charge in [0.15, 0.2) is 0 Å². The molecule has 3 heterocycles. The lowest BCUT2D eigenvalue weighted by Crippen LogP contribution is -2.43. The second-order valence-corrected chi connectivity index (χ2v) is 7.09. The summed E-state index contributed by atoms with van der Waals surface area (Å²) in [4.78, 5) is 27.5. The van der Waals surface area contributed by atoms with Crippen molar-refractivity contribution in [2.45, 2.75) is 19.4 Å². The summed E-state index contributed by atoms with van der Waals surface area (Å²) in [6, 6.07) is 9.47. The second kappa shape index (κ2) is 9.30. The van der Waals surface area contributed by atoms with Crippen LogP contribution >= 0.6 is 0 Å². The van der Waals surface area contributed by atoms with Crippen molar-refractivity contribution in [3.63, 3.8) is 0 Å². The van der Waals surface area contributed by atoms with E-state index < -0.39 is 0 Å². The largest absolute Gasteiger partial charge is 0.439 e. The molecule has 1 amide bonds. The van der Waals surface area contributed by atoms with Crippen LogP contribution < -0.4 is 15.0 Å². The predicted octanol–water partition coefficient (Wildman–Crippen LogP) is 3.34. The molecule has 1 atom stereocenters. The minimum absolute atomic E-state index is 0.0239. The number of piperidine rings is 1. The Morgan fingerprint density at radius 3 is 2.97 bits per heavy atom. The first-order valence-electron chi connectivity index (χ1n) is 9.85. The summed E-state index contributed by atoms with van der Waals surface area (Å²) < 4.78 is 19.1. The second-order valence-electron chi connectivity index (χ2n) is 7.09. The van der Waals surface area contributed by atoms with Gasteiger partial charge in [0.25, 0.3) is 0 Å². The Balaban J connectivity index is 1.38. The number of pyridine rings is 1. The van der Waals surface area contributed by atoms with Crippen molar-refractivity contribution in [1.82, 2.24) is 20.3 Å². The van der Waals surface area contributed by atoms with E-state index in [1.165, 1.54) is 12.1 Å². The fourth-order valence-electron chi connectivity index (χ4n) is 3.47. The third-order valence-electron chi connectivity index (χ3n) is 4.98. The van der Waals surface area contributed by atoms with Crippen LogP contribution in [0.5, 0.6) is 11.6 Å². The Morgan fingerprint density at radius 2 is 2.13 bits per heavy atom. The first-order valence-corrected chi connectivity index (χ1v) is 9.85. The molecule has 7 nitrogen and oxygen atoms in total. The summed E-state index contributed by atoms with van der Waals surface area (Å²) in [5.41, 5.74) is 0.719. The molecule has 3 aromatic rings. The average Bonchev–Trinajstić information content (AvgIpc) is 2.79. The number of ether oxygens (including phenoxy) is 1. The van der Waals surface area contributed by atoms with Crippen molar-refractivity contribution in [2.75, 3.05) is 18.0 Å². The highest BCUT2D eigenvalue weighted by Crippen LogP contribution is 2.24. The Bertz CT molecular complexity index is 1000. The number of rotatable bonds is 6. The van der Waals surface area contributed by atoms with Crippen LogP contribution in [-0.4, -0.2) is 33.9 Å². The van der Waals surface area contributed by atoms with Crippen LogP contribution in [0.3, 0.4) is 0 Å². The average molecular weight is 407 g/mol. The van der Waals surface area contributed by atoms with E-state index in [1.54, 1.807) is 43.0 Å². The van der Waals surface area contributed by atoms with Gasteiger partial charge in [0.05, 0.1) is 12.1 Å². The normalized spacial score (nSPS) is 16.2. The minimum atomic E-state index is -0.386. The lowest BCUT2D eigenvalue weighted by atomic mass is 9.97. The summed E-state index contributed by atoms with van der Waals surface area (Å²) in [6.45, 7) is 1.74. The fraction of sp³-hybridized carbons (Fsp3) is 0.273. The van der Waals surface area contributed by atoms with Gasteiger partial charge in [0, 0.05) is 49.9 Å². The van der Waals surface area contributed by atoms with Gasteiger partial charge >= 0.3 is 0 Å². The quantitative estimate of drug-likeness (QED) is 0.675. The third-order valence-corrected chi connectivity index (χ3v) is 4.98. The van der Waals surface area contributed by atoms with E-state index >= 15 is 0 Å². The lowest BCUT2D eigenvalue weighted by Gasteiger charge is -2.32. The van der Waals surface area contributed by atoms with Gasteiger partial charge < -0.3 is 15.0 Å². The zero-order valence-electron chi connectivity index (χ0n) is 16.4. The van der Waals surface area contributed by atoms with Crippen LogP contribution in [0.2, 0.25) is 0 Å². The molecule has 1 N–H and O–H groups in total. The molecule has 0 aliphatic carbocycles. The highest BCUT2D eigenvalue weighted by Gasteiger charge is 2.26. The molecule has 4 rings (SSSR count). The minimum Gasteiger partial charge on any atom is -0.439 e. The van der Waals surface area contributed by atoms with Crippen LogP contribution in [0, 0.1) is 11.7 Å². The number of benzene rings is 1. The fourth-order valence-corrected chi connectivity index (χ4v) is 3.47. The van der Waals surface area contributed by atoms with E-state index in [4.69, 9.17) is 4.74 Å². The monoisotopic (exact) mass is 407 g/mol. The summed E-state index contributed by atoms with van der Waals surface area (Å²) in [6.07, 6.45) is 8.33. The molecule has 1 fully saturated rings. The van der Waals surface area contributed by atoms with Crippen molar-refractivity contribution >= 4 is 11.7 Å². The molecule has 0 unspecified atom stereocenters. The van der Waals surface area contributed by atoms with Crippen molar-refractivity contribution in [3.05, 3.63) is 72.6 Å². The molecule has 154 valence electrons. The van der Waals surface area contributed by atoms with Gasteiger partial charge in [-0.2, -0.15) is 0 Å². The van der Waals surface area contributed by atoms with E-state index in [0.717, 1.165) is 30.8 Å². The smallest absolute Gasteiger partial charge is 0.225 e. The standard InChI is InChI=1S/C22H22FN5O2/c23-18-6-1-7-19(12-18)30-22-16(4-2-8-26-22)13-27-21(29)17-5-3-11-28(15-17)20-14-24-9-10-25-20/h1-2,4,6-10,12,14,17H,3,5,11,13,15H2,(H,27,29)/t17-/m0/s1. The van der Waals surface area contributed by atoms with Gasteiger partial charge in [-0.15, -0.1) is 0 Å². The molecule has 1 aliphatic heterocycles. The van der Waals surface area contributed by atoms with E-state index in [-0.39, 0.29) is 24.2 Å². The summed E-state index contributed by atoms with van der Waals surface area (Å²) in [5, 5.41) is 2.98. The highest BCUT2D eigenvalue weighted by atomic mass is 19.1. The summed E-state index contributed by atoms with van der Waals surface area (Å²) in [7, 11) is 0. The van der Waals surface area contributed by atoms with Crippen LogP contribution in [0.1, 0.15) is 18.4 Å². The van der Waals surface area contributed by atoms with Crippen molar-refractivity contribution < 1.29 is 13.9 Å². The lowest BCUT2D eigenvalue weighted by molar-refractivity contribution is -0.125. The maximum absolute atomic E-state index is 13.4. The number of halogens is 1.